The number of nitrogens with two attached hydrogens (primary N) is 1. The van der Waals surface area contributed by atoms with Crippen molar-refractivity contribution in [1.29, 1.82) is 0 Å². The first-order valence-electron chi connectivity index (χ1n) is 15.6. The second kappa shape index (κ2) is 17.7. The van der Waals surface area contributed by atoms with Gasteiger partial charge in [-0.1, -0.05) is 0 Å². The number of benzene rings is 4. The van der Waals surface area contributed by atoms with Crippen LogP contribution in [0.5, 0.6) is 11.5 Å². The molecule has 28 nitrogen and oxygen atoms in total. The highest BCUT2D eigenvalue weighted by Crippen LogP contribution is 2.47. The summed E-state index contributed by atoms with van der Waals surface area (Å²) >= 11 is 0. The second-order valence-corrected chi connectivity index (χ2v) is 22.2. The largest absolute Gasteiger partial charge is 0.505 e. The molecule has 0 amide bonds. The van der Waals surface area contributed by atoms with Gasteiger partial charge in [0.1, 0.15) is 37.5 Å². The quantitative estimate of drug-likeness (QED) is 0.0425. The first kappa shape index (κ1) is 49.8. The van der Waals surface area contributed by atoms with Crippen LogP contribution in [0.4, 0.5) is 28.4 Å². The van der Waals surface area contributed by atoms with Gasteiger partial charge in [-0.2, -0.15) is 47.2 Å². The molecule has 0 fully saturated rings. The zero-order valence-electron chi connectivity index (χ0n) is 30.3. The zero-order valence-corrected chi connectivity index (χ0v) is 36.0. The van der Waals surface area contributed by atoms with Crippen LogP contribution in [-0.4, -0.2) is 119 Å². The van der Waals surface area contributed by atoms with Crippen molar-refractivity contribution in [2.45, 2.75) is 24.5 Å². The summed E-state index contributed by atoms with van der Waals surface area (Å²) < 4.78 is 229. The van der Waals surface area contributed by atoms with Crippen LogP contribution >= 0.6 is 0 Å². The van der Waals surface area contributed by atoms with Crippen molar-refractivity contribution in [2.24, 2.45) is 20.5 Å². The van der Waals surface area contributed by atoms with E-state index >= 15 is 0 Å². The number of phenols is 1. The standard InChI is InChI=1S/C27H27N5O23S7/c1-53-19-13-21(57(36,37)9-7-55-62(50,51)52)23(59(41,42)43)12-18(19)30-32-26-24(60(44,45)46)11-16-15(27(26)33)3-4-17(28)25(16)31-29-14-2-5-20(22(10-14)58(38,39)40)56(34,35)8-6-54-61(47,48)49/h2-5,10-13,33H,6-9,28H2,1H3,(H,38,39,40)(H,41,42,43)(H,44,45,46)(H,47,48,49)(H,50,51,52). The van der Waals surface area contributed by atoms with Gasteiger partial charge < -0.3 is 15.6 Å². The van der Waals surface area contributed by atoms with E-state index in [9.17, 15) is 77.7 Å². The molecule has 0 aliphatic carbocycles. The predicted molar refractivity (Wildman–Crippen MR) is 206 cm³/mol. The number of aromatic hydroxyl groups is 1. The molecular weight excluding hydrogens is 987 g/mol. The Bertz CT molecular complexity index is 3360. The summed E-state index contributed by atoms with van der Waals surface area (Å²) in [5.74, 6) is -4.24. The van der Waals surface area contributed by atoms with Crippen LogP contribution in [0.15, 0.2) is 93.5 Å². The van der Waals surface area contributed by atoms with E-state index in [4.69, 9.17) is 19.6 Å². The van der Waals surface area contributed by atoms with Crippen LogP contribution < -0.4 is 10.5 Å². The fourth-order valence-corrected chi connectivity index (χ4v) is 11.3. The highest BCUT2D eigenvalue weighted by molar-refractivity contribution is 7.93. The van der Waals surface area contributed by atoms with Gasteiger partial charge in [-0.25, -0.2) is 25.2 Å². The Labute approximate surface area is 350 Å². The third-order valence-corrected chi connectivity index (χ3v) is 14.9. The summed E-state index contributed by atoms with van der Waals surface area (Å²) in [6, 6.07) is 5.58. The molecule has 0 aliphatic rings. The number of hydrogen-bond acceptors (Lipinski definition) is 23. The molecule has 4 aromatic carbocycles. The van der Waals surface area contributed by atoms with E-state index in [1.54, 1.807) is 0 Å². The maximum absolute atomic E-state index is 12.9. The van der Waals surface area contributed by atoms with Crippen molar-refractivity contribution in [3.05, 3.63) is 48.5 Å². The van der Waals surface area contributed by atoms with Gasteiger partial charge in [0.2, 0.25) is 0 Å². The van der Waals surface area contributed by atoms with E-state index in [1.807, 2.05) is 0 Å². The number of nitrogen functional groups attached to an aromatic ring is 1. The molecule has 340 valence electrons. The maximum Gasteiger partial charge on any atom is 0.397 e. The number of rotatable bonds is 18. The summed E-state index contributed by atoms with van der Waals surface area (Å²) in [6.45, 7) is -2.39. The van der Waals surface area contributed by atoms with Crippen molar-refractivity contribution in [1.82, 2.24) is 0 Å². The summed E-state index contributed by atoms with van der Waals surface area (Å²) in [5.41, 5.74) is 2.82. The average Bonchev–Trinajstić information content (AvgIpc) is 3.11. The summed E-state index contributed by atoms with van der Waals surface area (Å²) in [4.78, 5) is -6.19. The lowest BCUT2D eigenvalue weighted by Crippen LogP contribution is -2.18. The number of fused-ring (bicyclic) bond motifs is 1. The number of azo groups is 2. The highest BCUT2D eigenvalue weighted by atomic mass is 32.3. The van der Waals surface area contributed by atoms with Crippen molar-refractivity contribution in [2.75, 3.05) is 37.6 Å². The fraction of sp³-hybridized carbons (Fsp3) is 0.185. The zero-order chi connectivity index (χ0) is 47.0. The van der Waals surface area contributed by atoms with Gasteiger partial charge in [0.25, 0.3) is 30.4 Å². The molecule has 0 bridgehead atoms. The highest BCUT2D eigenvalue weighted by Gasteiger charge is 2.30. The maximum atomic E-state index is 12.9. The van der Waals surface area contributed by atoms with Crippen molar-refractivity contribution in [3.63, 3.8) is 0 Å². The SMILES string of the molecule is COc1cc(S(=O)(=O)CCOS(=O)(=O)O)c(S(=O)(=O)O)cc1N=Nc1c(S(=O)(=O)O)cc2c(N=Nc3ccc(S(=O)(=O)CCOS(=O)(=O)O)c(S(=O)(=O)O)c3)c(N)ccc2c1O. The predicted octanol–water partition coefficient (Wildman–Crippen LogP) is 1.89. The molecule has 0 radical (unpaired) electrons. The van der Waals surface area contributed by atoms with Gasteiger partial charge >= 0.3 is 20.8 Å². The number of phenolic OH excluding ortho intramolecular Hbond substituents is 1. The Hall–Kier alpha value is -4.89. The summed E-state index contributed by atoms with van der Waals surface area (Å²) in [5, 5.41) is 25.2. The minimum Gasteiger partial charge on any atom is -0.505 e. The molecule has 62 heavy (non-hydrogen) atoms. The van der Waals surface area contributed by atoms with Crippen molar-refractivity contribution >= 4 is 110 Å². The molecular formula is C27H27N5O23S7. The van der Waals surface area contributed by atoms with Gasteiger partial charge in [0, 0.05) is 16.8 Å². The Morgan fingerprint density at radius 1 is 0.532 bits per heavy atom. The molecule has 0 heterocycles. The van der Waals surface area contributed by atoms with E-state index in [0.717, 1.165) is 25.3 Å². The second-order valence-electron chi connectivity index (χ2n) is 11.7. The van der Waals surface area contributed by atoms with E-state index in [2.05, 4.69) is 28.8 Å². The molecule has 4 rings (SSSR count). The smallest absolute Gasteiger partial charge is 0.397 e. The molecule has 0 saturated carbocycles. The Morgan fingerprint density at radius 2 is 1.03 bits per heavy atom. The van der Waals surface area contributed by atoms with Crippen molar-refractivity contribution < 1.29 is 99.9 Å². The van der Waals surface area contributed by atoms with Crippen LogP contribution in [0.1, 0.15) is 0 Å². The average molecular weight is 1010 g/mol. The van der Waals surface area contributed by atoms with Gasteiger partial charge in [-0.15, -0.1) is 15.3 Å². The van der Waals surface area contributed by atoms with Gasteiger partial charge in [-0.05, 0) is 42.5 Å². The van der Waals surface area contributed by atoms with Crippen LogP contribution in [0.3, 0.4) is 0 Å². The van der Waals surface area contributed by atoms with Crippen LogP contribution in [-0.2, 0) is 79.2 Å². The Kier molecular flexibility index (Phi) is 14.2. The summed E-state index contributed by atoms with van der Waals surface area (Å²) in [7, 11) is -35.3. The van der Waals surface area contributed by atoms with E-state index in [1.165, 1.54) is 0 Å². The minimum absolute atomic E-state index is 0.327. The molecule has 0 atom stereocenters. The molecule has 0 spiro atoms. The van der Waals surface area contributed by atoms with E-state index < -0.39 is 160 Å². The molecule has 4 aromatic rings. The van der Waals surface area contributed by atoms with Crippen LogP contribution in [0, 0.1) is 0 Å². The Balaban J connectivity index is 1.87. The first-order valence-corrected chi connectivity index (χ1v) is 25.9. The molecule has 0 unspecified atom stereocenters. The van der Waals surface area contributed by atoms with Gasteiger partial charge in [0.15, 0.2) is 25.4 Å². The number of ether oxygens (including phenoxy) is 1. The molecule has 0 saturated heterocycles. The minimum atomic E-state index is -5.49. The van der Waals surface area contributed by atoms with E-state index in [-0.39, 0.29) is 11.1 Å². The number of nitrogens with zero attached hydrogens (tertiary/aromatic N) is 4. The van der Waals surface area contributed by atoms with E-state index in [0.29, 0.717) is 30.3 Å². The normalized spacial score (nSPS) is 13.6. The molecule has 0 aromatic heterocycles. The number of anilines is 1. The third kappa shape index (κ3) is 12.2. The number of sulfone groups is 2. The molecule has 8 N–H and O–H groups in total. The summed E-state index contributed by atoms with van der Waals surface area (Å²) in [6.07, 6.45) is 0. The lowest BCUT2D eigenvalue weighted by atomic mass is 10.1. The molecule has 35 heteroatoms. The topological polar surface area (TPSA) is 464 Å². The lowest BCUT2D eigenvalue weighted by Gasteiger charge is -2.13. The van der Waals surface area contributed by atoms with Crippen molar-refractivity contribution in [3.8, 4) is 11.5 Å². The fourth-order valence-electron chi connectivity index (χ4n) is 4.99. The monoisotopic (exact) mass is 1010 g/mol. The van der Waals surface area contributed by atoms with Gasteiger partial charge in [-0.3, -0.25) is 22.8 Å². The number of methoxy groups -OCH3 is 1. The van der Waals surface area contributed by atoms with Crippen LogP contribution in [0.2, 0.25) is 0 Å². The first-order chi connectivity index (χ1) is 28.2. The van der Waals surface area contributed by atoms with Crippen LogP contribution in [0.25, 0.3) is 10.8 Å². The third-order valence-electron chi connectivity index (χ3n) is 7.60. The Morgan fingerprint density at radius 3 is 1.53 bits per heavy atom. The molecule has 0 aliphatic heterocycles. The lowest BCUT2D eigenvalue weighted by molar-refractivity contribution is 0.282. The van der Waals surface area contributed by atoms with Gasteiger partial charge in [0.05, 0.1) is 53.0 Å². The number of hydrogen-bond donors (Lipinski definition) is 7.